The second-order valence-electron chi connectivity index (χ2n) is 4.64. The third-order valence-corrected chi connectivity index (χ3v) is 2.96. The molecule has 0 radical (unpaired) electrons. The molecule has 2 rings (SSSR count). The number of hydrogen-bond acceptors (Lipinski definition) is 3. The van der Waals surface area contributed by atoms with Gasteiger partial charge in [-0.05, 0) is 31.4 Å². The van der Waals surface area contributed by atoms with Gasteiger partial charge in [0.2, 0.25) is 0 Å². The van der Waals surface area contributed by atoms with Crippen LogP contribution in [0.25, 0.3) is 0 Å². The van der Waals surface area contributed by atoms with E-state index in [9.17, 15) is 4.79 Å². The fourth-order valence-corrected chi connectivity index (χ4v) is 1.62. The zero-order chi connectivity index (χ0) is 12.3. The topological polar surface area (TPSA) is 52.3 Å². The number of nitrogens with two attached hydrogens (primary N) is 1. The standard InChI is InChI=1S/C14H19NO2/c1-2-11(15)9-14(16)10-4-3-5-13(8-10)17-12-6-7-12/h3-5,8,11-12H,2,6-7,9,15H2,1H3. The van der Waals surface area contributed by atoms with Crippen molar-refractivity contribution in [3.8, 4) is 5.75 Å². The molecule has 0 aromatic heterocycles. The van der Waals surface area contributed by atoms with E-state index in [1.54, 1.807) is 0 Å². The van der Waals surface area contributed by atoms with Crippen molar-refractivity contribution in [1.29, 1.82) is 0 Å². The highest BCUT2D eigenvalue weighted by Gasteiger charge is 2.23. The summed E-state index contributed by atoms with van der Waals surface area (Å²) in [6.45, 7) is 1.99. The van der Waals surface area contributed by atoms with Crippen LogP contribution >= 0.6 is 0 Å². The molecule has 3 heteroatoms. The Morgan fingerprint density at radius 2 is 2.29 bits per heavy atom. The van der Waals surface area contributed by atoms with Crippen LogP contribution in [-0.4, -0.2) is 17.9 Å². The summed E-state index contributed by atoms with van der Waals surface area (Å²) in [6.07, 6.45) is 3.84. The first-order valence-electron chi connectivity index (χ1n) is 6.24. The predicted molar refractivity (Wildman–Crippen MR) is 67.3 cm³/mol. The van der Waals surface area contributed by atoms with Gasteiger partial charge in [0.25, 0.3) is 0 Å². The van der Waals surface area contributed by atoms with Gasteiger partial charge >= 0.3 is 0 Å². The van der Waals surface area contributed by atoms with Gasteiger partial charge in [0.1, 0.15) is 5.75 Å². The fraction of sp³-hybridized carbons (Fsp3) is 0.500. The van der Waals surface area contributed by atoms with Crippen molar-refractivity contribution in [2.75, 3.05) is 0 Å². The van der Waals surface area contributed by atoms with E-state index in [2.05, 4.69) is 0 Å². The lowest BCUT2D eigenvalue weighted by Gasteiger charge is -2.09. The van der Waals surface area contributed by atoms with Crippen LogP contribution in [0.3, 0.4) is 0 Å². The minimum atomic E-state index is -0.0458. The molecule has 0 amide bonds. The molecule has 1 unspecified atom stereocenters. The monoisotopic (exact) mass is 233 g/mol. The molecular weight excluding hydrogens is 214 g/mol. The molecule has 17 heavy (non-hydrogen) atoms. The van der Waals surface area contributed by atoms with E-state index < -0.39 is 0 Å². The van der Waals surface area contributed by atoms with E-state index in [1.807, 2.05) is 31.2 Å². The summed E-state index contributed by atoms with van der Waals surface area (Å²) >= 11 is 0. The molecule has 0 bridgehead atoms. The van der Waals surface area contributed by atoms with Gasteiger partial charge in [0, 0.05) is 18.0 Å². The third kappa shape index (κ3) is 3.56. The van der Waals surface area contributed by atoms with Gasteiger partial charge in [0.15, 0.2) is 5.78 Å². The summed E-state index contributed by atoms with van der Waals surface area (Å²) in [7, 11) is 0. The number of rotatable bonds is 6. The molecule has 0 heterocycles. The van der Waals surface area contributed by atoms with Crippen LogP contribution in [0.2, 0.25) is 0 Å². The molecule has 0 aliphatic heterocycles. The first-order valence-corrected chi connectivity index (χ1v) is 6.24. The Morgan fingerprint density at radius 1 is 1.53 bits per heavy atom. The van der Waals surface area contributed by atoms with E-state index in [-0.39, 0.29) is 11.8 Å². The number of Topliss-reactive ketones (excluding diaryl/α,β-unsaturated/α-hetero) is 1. The number of ketones is 1. The largest absolute Gasteiger partial charge is 0.490 e. The molecule has 3 nitrogen and oxygen atoms in total. The zero-order valence-electron chi connectivity index (χ0n) is 10.2. The lowest BCUT2D eigenvalue weighted by atomic mass is 10.0. The summed E-state index contributed by atoms with van der Waals surface area (Å²) in [5.74, 6) is 0.893. The maximum atomic E-state index is 11.9. The van der Waals surface area contributed by atoms with Gasteiger partial charge in [-0.3, -0.25) is 4.79 Å². The van der Waals surface area contributed by atoms with E-state index >= 15 is 0 Å². The molecule has 0 spiro atoms. The number of carbonyl (C=O) groups excluding carboxylic acids is 1. The molecular formula is C14H19NO2. The van der Waals surface area contributed by atoms with Crippen LogP contribution in [-0.2, 0) is 0 Å². The van der Waals surface area contributed by atoms with E-state index in [4.69, 9.17) is 10.5 Å². The van der Waals surface area contributed by atoms with Gasteiger partial charge in [-0.2, -0.15) is 0 Å². The second-order valence-corrected chi connectivity index (χ2v) is 4.64. The summed E-state index contributed by atoms with van der Waals surface area (Å²) in [5.41, 5.74) is 6.49. The third-order valence-electron chi connectivity index (χ3n) is 2.96. The highest BCUT2D eigenvalue weighted by Crippen LogP contribution is 2.27. The van der Waals surface area contributed by atoms with Crippen molar-refractivity contribution in [3.63, 3.8) is 0 Å². The first kappa shape index (κ1) is 12.1. The SMILES string of the molecule is CCC(N)CC(=O)c1cccc(OC2CC2)c1. The Kier molecular flexibility index (Phi) is 3.79. The average Bonchev–Trinajstić information content (AvgIpc) is 3.13. The van der Waals surface area contributed by atoms with Gasteiger partial charge in [0.05, 0.1) is 6.10 Å². The molecule has 1 aliphatic carbocycles. The molecule has 1 aromatic carbocycles. The van der Waals surface area contributed by atoms with Crippen molar-refractivity contribution in [3.05, 3.63) is 29.8 Å². The van der Waals surface area contributed by atoms with E-state index in [1.165, 1.54) is 0 Å². The number of carbonyl (C=O) groups is 1. The number of ether oxygens (including phenoxy) is 1. The summed E-state index contributed by atoms with van der Waals surface area (Å²) in [6, 6.07) is 7.36. The summed E-state index contributed by atoms with van der Waals surface area (Å²) in [5, 5.41) is 0. The highest BCUT2D eigenvalue weighted by atomic mass is 16.5. The predicted octanol–water partition coefficient (Wildman–Crippen LogP) is 2.54. The molecule has 92 valence electrons. The normalized spacial score (nSPS) is 16.6. The minimum absolute atomic E-state index is 0.0458. The molecule has 1 aliphatic rings. The molecule has 1 aromatic rings. The molecule has 1 fully saturated rings. The Balaban J connectivity index is 2.01. The fourth-order valence-electron chi connectivity index (χ4n) is 1.62. The zero-order valence-corrected chi connectivity index (χ0v) is 10.2. The summed E-state index contributed by atoms with van der Waals surface area (Å²) < 4.78 is 5.66. The van der Waals surface area contributed by atoms with Crippen LogP contribution in [0.5, 0.6) is 5.75 Å². The molecule has 1 atom stereocenters. The minimum Gasteiger partial charge on any atom is -0.490 e. The number of benzene rings is 1. The Bertz CT molecular complexity index is 399. The number of hydrogen-bond donors (Lipinski definition) is 1. The van der Waals surface area contributed by atoms with Crippen molar-refractivity contribution in [2.45, 2.75) is 44.8 Å². The quantitative estimate of drug-likeness (QED) is 0.768. The van der Waals surface area contributed by atoms with Crippen LogP contribution in [0.1, 0.15) is 43.0 Å². The van der Waals surface area contributed by atoms with Crippen LogP contribution in [0, 0.1) is 0 Å². The smallest absolute Gasteiger partial charge is 0.164 e. The van der Waals surface area contributed by atoms with Crippen molar-refractivity contribution >= 4 is 5.78 Å². The van der Waals surface area contributed by atoms with Gasteiger partial charge < -0.3 is 10.5 Å². The Labute approximate surface area is 102 Å². The Morgan fingerprint density at radius 3 is 2.94 bits per heavy atom. The van der Waals surface area contributed by atoms with Gasteiger partial charge in [-0.25, -0.2) is 0 Å². The first-order chi connectivity index (χ1) is 8.19. The van der Waals surface area contributed by atoms with Gasteiger partial charge in [-0.15, -0.1) is 0 Å². The average molecular weight is 233 g/mol. The molecule has 1 saturated carbocycles. The van der Waals surface area contributed by atoms with Crippen LogP contribution in [0.4, 0.5) is 0 Å². The van der Waals surface area contributed by atoms with Crippen LogP contribution in [0.15, 0.2) is 24.3 Å². The van der Waals surface area contributed by atoms with Gasteiger partial charge in [-0.1, -0.05) is 19.1 Å². The maximum Gasteiger partial charge on any atom is 0.164 e. The Hall–Kier alpha value is -1.35. The van der Waals surface area contributed by atoms with Crippen molar-refractivity contribution < 1.29 is 9.53 Å². The highest BCUT2D eigenvalue weighted by molar-refractivity contribution is 5.96. The van der Waals surface area contributed by atoms with E-state index in [0.717, 1.165) is 25.0 Å². The van der Waals surface area contributed by atoms with Crippen LogP contribution < -0.4 is 10.5 Å². The van der Waals surface area contributed by atoms with Crippen molar-refractivity contribution in [2.24, 2.45) is 5.73 Å². The lowest BCUT2D eigenvalue weighted by molar-refractivity contribution is 0.0973. The molecule has 0 saturated heterocycles. The van der Waals surface area contributed by atoms with E-state index in [0.29, 0.717) is 18.1 Å². The second kappa shape index (κ2) is 5.32. The maximum absolute atomic E-state index is 11.9. The molecule has 2 N–H and O–H groups in total. The lowest BCUT2D eigenvalue weighted by Crippen LogP contribution is -2.22. The summed E-state index contributed by atoms with van der Waals surface area (Å²) in [4.78, 5) is 11.9. The van der Waals surface area contributed by atoms with Crippen molar-refractivity contribution in [1.82, 2.24) is 0 Å².